The average molecular weight is 384 g/mol. The lowest BCUT2D eigenvalue weighted by Crippen LogP contribution is -2.36. The third-order valence-corrected chi connectivity index (χ3v) is 3.65. The number of carboxylic acid groups (broad SMARTS) is 1. The number of carbonyl (C=O) groups is 2. The van der Waals surface area contributed by atoms with Crippen LogP contribution in [-0.2, 0) is 4.79 Å². The molecule has 0 unspecified atom stereocenters. The van der Waals surface area contributed by atoms with E-state index >= 15 is 0 Å². The van der Waals surface area contributed by atoms with Crippen molar-refractivity contribution in [2.45, 2.75) is 13.3 Å². The number of halogens is 2. The SMILES string of the molecule is CCCN(CC(=O)O)C(=O)c1nn(-c2ccc(F)cc2)cc1Br. The molecular weight excluding hydrogens is 369 g/mol. The van der Waals surface area contributed by atoms with Crippen LogP contribution < -0.4 is 0 Å². The molecule has 6 nitrogen and oxygen atoms in total. The Morgan fingerprint density at radius 1 is 1.35 bits per heavy atom. The Labute approximate surface area is 140 Å². The van der Waals surface area contributed by atoms with Crippen LogP contribution in [0.15, 0.2) is 34.9 Å². The quantitative estimate of drug-likeness (QED) is 0.831. The number of benzene rings is 1. The van der Waals surface area contributed by atoms with Crippen molar-refractivity contribution < 1.29 is 19.1 Å². The molecule has 2 aromatic rings. The Morgan fingerprint density at radius 3 is 2.57 bits per heavy atom. The number of nitrogens with zero attached hydrogens (tertiary/aromatic N) is 3. The molecule has 1 amide bonds. The summed E-state index contributed by atoms with van der Waals surface area (Å²) in [5.41, 5.74) is 0.704. The highest BCUT2D eigenvalue weighted by atomic mass is 79.9. The van der Waals surface area contributed by atoms with Gasteiger partial charge in [0.2, 0.25) is 0 Å². The van der Waals surface area contributed by atoms with E-state index in [2.05, 4.69) is 21.0 Å². The van der Waals surface area contributed by atoms with E-state index in [-0.39, 0.29) is 18.1 Å². The fourth-order valence-electron chi connectivity index (χ4n) is 2.06. The predicted octanol–water partition coefficient (Wildman–Crippen LogP) is 2.71. The average Bonchev–Trinajstić information content (AvgIpc) is 2.88. The molecule has 0 aliphatic carbocycles. The summed E-state index contributed by atoms with van der Waals surface area (Å²) >= 11 is 3.26. The number of carboxylic acids is 1. The van der Waals surface area contributed by atoms with Gasteiger partial charge in [0.25, 0.3) is 5.91 Å². The molecule has 0 aliphatic heterocycles. The Kier molecular flexibility index (Phi) is 5.49. The Hall–Kier alpha value is -2.22. The van der Waals surface area contributed by atoms with Gasteiger partial charge in [0.1, 0.15) is 12.4 Å². The smallest absolute Gasteiger partial charge is 0.323 e. The largest absolute Gasteiger partial charge is 0.480 e. The summed E-state index contributed by atoms with van der Waals surface area (Å²) in [5, 5.41) is 13.1. The minimum atomic E-state index is -1.08. The van der Waals surface area contributed by atoms with E-state index in [0.717, 1.165) is 0 Å². The number of carbonyl (C=O) groups excluding carboxylic acids is 1. The Balaban J connectivity index is 2.30. The summed E-state index contributed by atoms with van der Waals surface area (Å²) in [6, 6.07) is 5.65. The zero-order valence-corrected chi connectivity index (χ0v) is 14.0. The van der Waals surface area contributed by atoms with Gasteiger partial charge in [-0.3, -0.25) is 9.59 Å². The van der Waals surface area contributed by atoms with E-state index in [9.17, 15) is 14.0 Å². The van der Waals surface area contributed by atoms with Crippen LogP contribution in [0.2, 0.25) is 0 Å². The van der Waals surface area contributed by atoms with Crippen molar-refractivity contribution in [2.75, 3.05) is 13.1 Å². The number of amides is 1. The molecule has 0 radical (unpaired) electrons. The van der Waals surface area contributed by atoms with E-state index < -0.39 is 11.9 Å². The molecule has 0 atom stereocenters. The van der Waals surface area contributed by atoms with Gasteiger partial charge in [0.15, 0.2) is 5.69 Å². The topological polar surface area (TPSA) is 75.4 Å². The second kappa shape index (κ2) is 7.36. The molecule has 23 heavy (non-hydrogen) atoms. The summed E-state index contributed by atoms with van der Waals surface area (Å²) < 4.78 is 14.8. The van der Waals surface area contributed by atoms with Gasteiger partial charge in [-0.25, -0.2) is 9.07 Å². The molecule has 1 N–H and O–H groups in total. The first-order chi connectivity index (χ1) is 10.9. The maximum atomic E-state index is 13.0. The Bertz CT molecular complexity index is 715. The van der Waals surface area contributed by atoms with Crippen molar-refractivity contribution in [3.05, 3.63) is 46.4 Å². The van der Waals surface area contributed by atoms with Gasteiger partial charge in [0, 0.05) is 12.7 Å². The molecule has 8 heteroatoms. The van der Waals surface area contributed by atoms with E-state index in [0.29, 0.717) is 23.1 Å². The summed E-state index contributed by atoms with van der Waals surface area (Å²) in [6.07, 6.45) is 2.21. The molecule has 0 bridgehead atoms. The zero-order chi connectivity index (χ0) is 17.0. The number of hydrogen-bond acceptors (Lipinski definition) is 3. The molecule has 0 aliphatic rings. The minimum absolute atomic E-state index is 0.115. The van der Waals surface area contributed by atoms with Crippen molar-refractivity contribution in [3.63, 3.8) is 0 Å². The van der Waals surface area contributed by atoms with Gasteiger partial charge < -0.3 is 10.0 Å². The van der Waals surface area contributed by atoms with Crippen molar-refractivity contribution in [1.29, 1.82) is 0 Å². The van der Waals surface area contributed by atoms with Crippen molar-refractivity contribution in [2.24, 2.45) is 0 Å². The summed E-state index contributed by atoms with van der Waals surface area (Å²) in [5.74, 6) is -1.92. The number of hydrogen-bond donors (Lipinski definition) is 1. The van der Waals surface area contributed by atoms with Crippen LogP contribution in [0.4, 0.5) is 4.39 Å². The summed E-state index contributed by atoms with van der Waals surface area (Å²) in [7, 11) is 0. The van der Waals surface area contributed by atoms with E-state index in [1.165, 1.54) is 33.8 Å². The van der Waals surface area contributed by atoms with Gasteiger partial charge in [-0.1, -0.05) is 6.92 Å². The third kappa shape index (κ3) is 4.16. The molecule has 0 saturated heterocycles. The first-order valence-electron chi connectivity index (χ1n) is 6.94. The van der Waals surface area contributed by atoms with Crippen molar-refractivity contribution >= 4 is 27.8 Å². The lowest BCUT2D eigenvalue weighted by molar-refractivity contribution is -0.137. The molecule has 2 rings (SSSR count). The highest BCUT2D eigenvalue weighted by Crippen LogP contribution is 2.20. The highest BCUT2D eigenvalue weighted by Gasteiger charge is 2.23. The van der Waals surface area contributed by atoms with E-state index in [1.807, 2.05) is 6.92 Å². The fraction of sp³-hybridized carbons (Fsp3) is 0.267. The highest BCUT2D eigenvalue weighted by molar-refractivity contribution is 9.10. The van der Waals surface area contributed by atoms with Crippen molar-refractivity contribution in [3.8, 4) is 5.69 Å². The maximum Gasteiger partial charge on any atom is 0.323 e. The van der Waals surface area contributed by atoms with Gasteiger partial charge in [0.05, 0.1) is 10.2 Å². The van der Waals surface area contributed by atoms with Crippen LogP contribution in [0, 0.1) is 5.82 Å². The standard InChI is InChI=1S/C15H15BrFN3O3/c1-2-7-19(9-13(21)22)15(23)14-12(16)8-20(18-14)11-5-3-10(17)4-6-11/h3-6,8H,2,7,9H2,1H3,(H,21,22). The normalized spacial score (nSPS) is 10.6. The summed E-state index contributed by atoms with van der Waals surface area (Å²) in [6.45, 7) is 1.79. The van der Waals surface area contributed by atoms with Crippen molar-refractivity contribution in [1.82, 2.24) is 14.7 Å². The van der Waals surface area contributed by atoms with Crippen LogP contribution in [0.1, 0.15) is 23.8 Å². The van der Waals surface area contributed by atoms with Crippen LogP contribution in [0.5, 0.6) is 0 Å². The lowest BCUT2D eigenvalue weighted by atomic mass is 10.3. The monoisotopic (exact) mass is 383 g/mol. The van der Waals surface area contributed by atoms with Gasteiger partial charge in [-0.05, 0) is 46.6 Å². The first kappa shape index (κ1) is 17.1. The second-order valence-corrected chi connectivity index (χ2v) is 5.72. The molecule has 1 aromatic carbocycles. The Morgan fingerprint density at radius 2 is 2.00 bits per heavy atom. The van der Waals surface area contributed by atoms with E-state index in [4.69, 9.17) is 5.11 Å². The van der Waals surface area contributed by atoms with Gasteiger partial charge in [-0.2, -0.15) is 5.10 Å². The van der Waals surface area contributed by atoms with Crippen LogP contribution in [0.25, 0.3) is 5.69 Å². The van der Waals surface area contributed by atoms with Crippen LogP contribution in [-0.4, -0.2) is 44.8 Å². The molecule has 0 fully saturated rings. The van der Waals surface area contributed by atoms with Crippen LogP contribution >= 0.6 is 15.9 Å². The second-order valence-electron chi connectivity index (χ2n) is 4.87. The fourth-order valence-corrected chi connectivity index (χ4v) is 2.50. The third-order valence-electron chi connectivity index (χ3n) is 3.07. The number of aliphatic carboxylic acids is 1. The maximum absolute atomic E-state index is 13.0. The molecule has 0 spiro atoms. The first-order valence-corrected chi connectivity index (χ1v) is 7.73. The van der Waals surface area contributed by atoms with Gasteiger partial charge in [-0.15, -0.1) is 0 Å². The minimum Gasteiger partial charge on any atom is -0.480 e. The van der Waals surface area contributed by atoms with Crippen LogP contribution in [0.3, 0.4) is 0 Å². The summed E-state index contributed by atoms with van der Waals surface area (Å²) in [4.78, 5) is 24.6. The zero-order valence-electron chi connectivity index (χ0n) is 12.4. The molecular formula is C15H15BrFN3O3. The lowest BCUT2D eigenvalue weighted by Gasteiger charge is -2.18. The number of aromatic nitrogens is 2. The van der Waals surface area contributed by atoms with E-state index in [1.54, 1.807) is 6.20 Å². The molecule has 1 aromatic heterocycles. The molecule has 0 saturated carbocycles. The van der Waals surface area contributed by atoms with Gasteiger partial charge >= 0.3 is 5.97 Å². The molecule has 1 heterocycles. The predicted molar refractivity (Wildman–Crippen MR) is 85.1 cm³/mol. The number of rotatable bonds is 6. The molecule has 122 valence electrons.